The zero-order valence-electron chi connectivity index (χ0n) is 14.2. The zero-order valence-corrected chi connectivity index (χ0v) is 14.9. The summed E-state index contributed by atoms with van der Waals surface area (Å²) >= 11 is 6.16. The summed E-state index contributed by atoms with van der Waals surface area (Å²) in [7, 11) is 0. The van der Waals surface area contributed by atoms with Gasteiger partial charge in [0.2, 0.25) is 0 Å². The Bertz CT molecular complexity index is 1140. The van der Waals surface area contributed by atoms with Crippen LogP contribution in [0.2, 0.25) is 5.02 Å². The summed E-state index contributed by atoms with van der Waals surface area (Å²) in [6.07, 6.45) is 0.512. The summed E-state index contributed by atoms with van der Waals surface area (Å²) in [6, 6.07) is 21.7. The average molecular weight is 376 g/mol. The fraction of sp³-hybridized carbons (Fsp3) is 0.0476. The van der Waals surface area contributed by atoms with Crippen LogP contribution in [-0.2, 0) is 6.42 Å². The number of nitrogens with zero attached hydrogens (tertiary/aromatic N) is 3. The molecule has 3 aromatic carbocycles. The second-order valence-electron chi connectivity index (χ2n) is 6.12. The van der Waals surface area contributed by atoms with E-state index in [1.807, 2.05) is 48.5 Å². The minimum Gasteiger partial charge on any atom is -0.258 e. The van der Waals surface area contributed by atoms with Crippen LogP contribution in [0.3, 0.4) is 0 Å². The van der Waals surface area contributed by atoms with Crippen LogP contribution in [0.25, 0.3) is 22.3 Å². The molecule has 0 N–H and O–H groups in total. The van der Waals surface area contributed by atoms with Gasteiger partial charge in [0, 0.05) is 29.1 Å². The highest BCUT2D eigenvalue weighted by atomic mass is 35.5. The molecule has 0 aliphatic rings. The van der Waals surface area contributed by atoms with Gasteiger partial charge < -0.3 is 0 Å². The summed E-state index contributed by atoms with van der Waals surface area (Å²) in [5.74, 6) is 0. The molecular formula is C21H14ClN3O2. The van der Waals surface area contributed by atoms with Gasteiger partial charge in [-0.25, -0.2) is 9.97 Å². The molecule has 0 bridgehead atoms. The maximum Gasteiger partial charge on any atom is 0.269 e. The van der Waals surface area contributed by atoms with Crippen molar-refractivity contribution in [2.24, 2.45) is 0 Å². The monoisotopic (exact) mass is 375 g/mol. The molecular weight excluding hydrogens is 362 g/mol. The van der Waals surface area contributed by atoms with E-state index >= 15 is 0 Å². The molecule has 0 aliphatic heterocycles. The molecule has 5 nitrogen and oxygen atoms in total. The average Bonchev–Trinajstić information content (AvgIpc) is 2.68. The van der Waals surface area contributed by atoms with Crippen molar-refractivity contribution in [1.29, 1.82) is 0 Å². The number of fused-ring (bicyclic) bond motifs is 1. The summed E-state index contributed by atoms with van der Waals surface area (Å²) in [4.78, 5) is 20.0. The molecule has 0 radical (unpaired) electrons. The summed E-state index contributed by atoms with van der Waals surface area (Å²) < 4.78 is 0. The highest BCUT2D eigenvalue weighted by Gasteiger charge is 2.13. The Morgan fingerprint density at radius 3 is 2.26 bits per heavy atom. The molecule has 0 saturated heterocycles. The van der Waals surface area contributed by atoms with Crippen LogP contribution >= 0.6 is 11.6 Å². The third-order valence-electron chi connectivity index (χ3n) is 4.26. The molecule has 0 aliphatic carbocycles. The Kier molecular flexibility index (Phi) is 4.52. The van der Waals surface area contributed by atoms with E-state index in [0.717, 1.165) is 33.5 Å². The number of benzene rings is 3. The Labute approximate surface area is 160 Å². The number of hydrogen-bond donors (Lipinski definition) is 0. The Morgan fingerprint density at radius 2 is 1.59 bits per heavy atom. The van der Waals surface area contributed by atoms with Crippen molar-refractivity contribution >= 4 is 28.3 Å². The molecule has 0 fully saturated rings. The zero-order chi connectivity index (χ0) is 18.8. The Morgan fingerprint density at radius 1 is 0.889 bits per heavy atom. The van der Waals surface area contributed by atoms with Crippen LogP contribution in [0.4, 0.5) is 5.69 Å². The van der Waals surface area contributed by atoms with Crippen LogP contribution in [0.15, 0.2) is 72.8 Å². The maximum atomic E-state index is 10.9. The first-order valence-electron chi connectivity index (χ1n) is 8.35. The molecule has 0 unspecified atom stereocenters. The van der Waals surface area contributed by atoms with Crippen molar-refractivity contribution < 1.29 is 4.92 Å². The largest absolute Gasteiger partial charge is 0.269 e. The third kappa shape index (κ3) is 3.64. The fourth-order valence-electron chi connectivity index (χ4n) is 2.96. The number of para-hydroxylation sites is 2. The molecule has 132 valence electrons. The first-order chi connectivity index (χ1) is 13.1. The predicted octanol–water partition coefficient (Wildman–Crippen LogP) is 5.45. The van der Waals surface area contributed by atoms with E-state index < -0.39 is 4.92 Å². The third-order valence-corrected chi connectivity index (χ3v) is 4.49. The molecule has 6 heteroatoms. The normalized spacial score (nSPS) is 10.9. The number of hydrogen-bond acceptors (Lipinski definition) is 4. The van der Waals surface area contributed by atoms with Crippen LogP contribution in [0.5, 0.6) is 0 Å². The number of non-ortho nitro benzene ring substituents is 1. The lowest BCUT2D eigenvalue weighted by molar-refractivity contribution is -0.384. The number of nitro benzene ring substituents is 1. The standard InChI is InChI=1S/C21H14ClN3O2/c22-16-5-3-4-15(13-16)21-20(23-18-6-1-2-7-19(18)24-21)12-14-8-10-17(11-9-14)25(26)27/h1-11,13H,12H2. The minimum atomic E-state index is -0.406. The van der Waals surface area contributed by atoms with E-state index in [1.165, 1.54) is 12.1 Å². The van der Waals surface area contributed by atoms with E-state index in [1.54, 1.807) is 12.1 Å². The van der Waals surface area contributed by atoms with Crippen molar-refractivity contribution in [2.75, 3.05) is 0 Å². The van der Waals surface area contributed by atoms with Crippen molar-refractivity contribution in [3.05, 3.63) is 99.2 Å². The first-order valence-corrected chi connectivity index (χ1v) is 8.73. The van der Waals surface area contributed by atoms with Gasteiger partial charge in [0.05, 0.1) is 27.3 Å². The lowest BCUT2D eigenvalue weighted by Crippen LogP contribution is -2.00. The van der Waals surface area contributed by atoms with Crippen molar-refractivity contribution in [2.45, 2.75) is 6.42 Å². The lowest BCUT2D eigenvalue weighted by atomic mass is 10.0. The summed E-state index contributed by atoms with van der Waals surface area (Å²) in [5.41, 5.74) is 5.05. The van der Waals surface area contributed by atoms with Gasteiger partial charge in [0.15, 0.2) is 0 Å². The number of halogens is 1. The van der Waals surface area contributed by atoms with E-state index in [2.05, 4.69) is 0 Å². The van der Waals surface area contributed by atoms with Crippen LogP contribution in [0, 0.1) is 10.1 Å². The highest BCUT2D eigenvalue weighted by molar-refractivity contribution is 6.30. The smallest absolute Gasteiger partial charge is 0.258 e. The Hall–Kier alpha value is -3.31. The van der Waals surface area contributed by atoms with E-state index in [-0.39, 0.29) is 5.69 Å². The molecule has 0 saturated carbocycles. The molecule has 4 rings (SSSR count). The van der Waals surface area contributed by atoms with Gasteiger partial charge in [-0.2, -0.15) is 0 Å². The van der Waals surface area contributed by atoms with Gasteiger partial charge in [0.25, 0.3) is 5.69 Å². The number of nitro groups is 1. The van der Waals surface area contributed by atoms with Crippen molar-refractivity contribution in [3.63, 3.8) is 0 Å². The second-order valence-corrected chi connectivity index (χ2v) is 6.55. The van der Waals surface area contributed by atoms with Gasteiger partial charge in [-0.05, 0) is 29.8 Å². The highest BCUT2D eigenvalue weighted by Crippen LogP contribution is 2.27. The van der Waals surface area contributed by atoms with Gasteiger partial charge in [-0.3, -0.25) is 10.1 Å². The number of aromatic nitrogens is 2. The molecule has 1 heterocycles. The van der Waals surface area contributed by atoms with Gasteiger partial charge in [0.1, 0.15) is 0 Å². The number of rotatable bonds is 4. The predicted molar refractivity (Wildman–Crippen MR) is 106 cm³/mol. The van der Waals surface area contributed by atoms with Gasteiger partial charge in [-0.1, -0.05) is 48.0 Å². The molecule has 0 spiro atoms. The summed E-state index contributed by atoms with van der Waals surface area (Å²) in [6.45, 7) is 0. The van der Waals surface area contributed by atoms with Crippen LogP contribution < -0.4 is 0 Å². The quantitative estimate of drug-likeness (QED) is 0.351. The fourth-order valence-corrected chi connectivity index (χ4v) is 3.15. The molecule has 4 aromatic rings. The van der Waals surface area contributed by atoms with Gasteiger partial charge >= 0.3 is 0 Å². The molecule has 27 heavy (non-hydrogen) atoms. The molecule has 0 atom stereocenters. The SMILES string of the molecule is O=[N+]([O-])c1ccc(Cc2nc3ccccc3nc2-c2cccc(Cl)c2)cc1. The van der Waals surface area contributed by atoms with Crippen molar-refractivity contribution in [1.82, 2.24) is 9.97 Å². The van der Waals surface area contributed by atoms with E-state index in [0.29, 0.717) is 11.4 Å². The topological polar surface area (TPSA) is 68.9 Å². The molecule has 0 amide bonds. The molecule has 1 aromatic heterocycles. The Balaban J connectivity index is 1.82. The van der Waals surface area contributed by atoms with Crippen molar-refractivity contribution in [3.8, 4) is 11.3 Å². The van der Waals surface area contributed by atoms with Gasteiger partial charge in [-0.15, -0.1) is 0 Å². The minimum absolute atomic E-state index is 0.0680. The van der Waals surface area contributed by atoms with Crippen LogP contribution in [0.1, 0.15) is 11.3 Å². The lowest BCUT2D eigenvalue weighted by Gasteiger charge is -2.11. The van der Waals surface area contributed by atoms with Crippen LogP contribution in [-0.4, -0.2) is 14.9 Å². The summed E-state index contributed by atoms with van der Waals surface area (Å²) in [5, 5.41) is 11.5. The maximum absolute atomic E-state index is 10.9. The second kappa shape index (κ2) is 7.13. The van der Waals surface area contributed by atoms with E-state index in [4.69, 9.17) is 21.6 Å². The first kappa shape index (κ1) is 17.1. The van der Waals surface area contributed by atoms with E-state index in [9.17, 15) is 10.1 Å².